The minimum Gasteiger partial charge on any atom is -0.352 e. The average molecular weight is 386 g/mol. The van der Waals surface area contributed by atoms with Crippen molar-refractivity contribution in [2.45, 2.75) is 13.3 Å². The molecule has 0 radical (unpaired) electrons. The van der Waals surface area contributed by atoms with E-state index in [9.17, 15) is 14.0 Å². The van der Waals surface area contributed by atoms with Crippen molar-refractivity contribution in [1.29, 1.82) is 0 Å². The maximum Gasteiger partial charge on any atom is 0.268 e. The number of aryl methyl sites for hydroxylation is 1. The van der Waals surface area contributed by atoms with Crippen molar-refractivity contribution < 1.29 is 9.18 Å². The van der Waals surface area contributed by atoms with Gasteiger partial charge in [0.1, 0.15) is 11.4 Å². The molecule has 2 heterocycles. The van der Waals surface area contributed by atoms with E-state index in [2.05, 4.69) is 22.2 Å². The van der Waals surface area contributed by atoms with Crippen LogP contribution in [0.1, 0.15) is 22.3 Å². The summed E-state index contributed by atoms with van der Waals surface area (Å²) in [6, 6.07) is 7.34. The Morgan fingerprint density at radius 2 is 1.79 bits per heavy atom. The molecule has 1 saturated heterocycles. The van der Waals surface area contributed by atoms with Crippen LogP contribution in [0.5, 0.6) is 0 Å². The van der Waals surface area contributed by atoms with Gasteiger partial charge in [-0.25, -0.2) is 4.39 Å². The minimum atomic E-state index is -0.400. The van der Waals surface area contributed by atoms with Crippen molar-refractivity contribution >= 4 is 5.91 Å². The van der Waals surface area contributed by atoms with Crippen molar-refractivity contribution in [3.63, 3.8) is 0 Å². The van der Waals surface area contributed by atoms with E-state index in [0.29, 0.717) is 17.8 Å². The fourth-order valence-electron chi connectivity index (χ4n) is 3.37. The number of piperazine rings is 1. The molecule has 0 aliphatic carbocycles. The van der Waals surface area contributed by atoms with Gasteiger partial charge in [-0.3, -0.25) is 14.2 Å². The Balaban J connectivity index is 1.62. The van der Waals surface area contributed by atoms with E-state index >= 15 is 0 Å². The summed E-state index contributed by atoms with van der Waals surface area (Å²) >= 11 is 0. The van der Waals surface area contributed by atoms with Crippen molar-refractivity contribution in [1.82, 2.24) is 19.7 Å². The zero-order valence-corrected chi connectivity index (χ0v) is 16.4. The van der Waals surface area contributed by atoms with Gasteiger partial charge in [0.2, 0.25) is 0 Å². The predicted octanol–water partition coefficient (Wildman–Crippen LogP) is 1.65. The van der Waals surface area contributed by atoms with E-state index in [1.165, 1.54) is 28.8 Å². The highest BCUT2D eigenvalue weighted by atomic mass is 19.1. The molecule has 0 atom stereocenters. The molecule has 2 aromatic rings. The molecule has 28 heavy (non-hydrogen) atoms. The second-order valence-electron chi connectivity index (χ2n) is 7.28. The van der Waals surface area contributed by atoms with Crippen LogP contribution in [-0.4, -0.2) is 66.6 Å². The molecule has 1 aromatic carbocycles. The molecule has 1 aromatic heterocycles. The second-order valence-corrected chi connectivity index (χ2v) is 7.28. The lowest BCUT2D eigenvalue weighted by Gasteiger charge is -2.32. The summed E-state index contributed by atoms with van der Waals surface area (Å²) in [4.78, 5) is 30.1. The van der Waals surface area contributed by atoms with Gasteiger partial charge in [-0.05, 0) is 62.8 Å². The van der Waals surface area contributed by atoms with Crippen LogP contribution in [0.15, 0.2) is 41.3 Å². The first-order valence-corrected chi connectivity index (χ1v) is 9.63. The number of pyridine rings is 1. The predicted molar refractivity (Wildman–Crippen MR) is 108 cm³/mol. The molecule has 0 spiro atoms. The number of nitrogens with one attached hydrogen (secondary N) is 1. The molecule has 1 aliphatic rings. The van der Waals surface area contributed by atoms with Crippen LogP contribution < -0.4 is 10.9 Å². The Bertz CT molecular complexity index is 871. The molecule has 6 nitrogen and oxygen atoms in total. The smallest absolute Gasteiger partial charge is 0.268 e. The second kappa shape index (κ2) is 9.12. The van der Waals surface area contributed by atoms with Crippen molar-refractivity contribution in [2.24, 2.45) is 0 Å². The van der Waals surface area contributed by atoms with E-state index in [0.717, 1.165) is 39.1 Å². The van der Waals surface area contributed by atoms with Crippen LogP contribution in [0.25, 0.3) is 5.69 Å². The average Bonchev–Trinajstić information content (AvgIpc) is 2.68. The van der Waals surface area contributed by atoms with E-state index in [1.807, 2.05) is 0 Å². The monoisotopic (exact) mass is 386 g/mol. The topological polar surface area (TPSA) is 57.6 Å². The summed E-state index contributed by atoms with van der Waals surface area (Å²) in [5.74, 6) is -0.737. The number of aromatic nitrogens is 1. The molecule has 0 bridgehead atoms. The van der Waals surface area contributed by atoms with Gasteiger partial charge in [0, 0.05) is 44.6 Å². The van der Waals surface area contributed by atoms with Gasteiger partial charge in [0.15, 0.2) is 0 Å². The summed E-state index contributed by atoms with van der Waals surface area (Å²) < 4.78 is 14.5. The molecule has 7 heteroatoms. The first-order chi connectivity index (χ1) is 13.5. The first kappa shape index (κ1) is 20.2. The normalized spacial score (nSPS) is 15.5. The Morgan fingerprint density at radius 3 is 2.46 bits per heavy atom. The van der Waals surface area contributed by atoms with Crippen molar-refractivity contribution in [2.75, 3.05) is 46.3 Å². The number of amides is 1. The molecule has 1 amide bonds. The van der Waals surface area contributed by atoms with E-state index in [1.54, 1.807) is 19.2 Å². The van der Waals surface area contributed by atoms with Gasteiger partial charge in [-0.2, -0.15) is 0 Å². The molecule has 0 saturated carbocycles. The lowest BCUT2D eigenvalue weighted by molar-refractivity contribution is 0.0947. The van der Waals surface area contributed by atoms with Crippen LogP contribution in [0.3, 0.4) is 0 Å². The van der Waals surface area contributed by atoms with Crippen molar-refractivity contribution in [3.8, 4) is 5.69 Å². The molecular formula is C21H27FN4O2. The van der Waals surface area contributed by atoms with Gasteiger partial charge in [0.05, 0.1) is 0 Å². The Morgan fingerprint density at radius 1 is 1.11 bits per heavy atom. The number of nitrogens with zero attached hydrogens (tertiary/aromatic N) is 3. The highest BCUT2D eigenvalue weighted by Gasteiger charge is 2.17. The molecule has 1 N–H and O–H groups in total. The Hall–Kier alpha value is -2.51. The van der Waals surface area contributed by atoms with E-state index < -0.39 is 5.56 Å². The number of hydrogen-bond donors (Lipinski definition) is 1. The number of likely N-dealkylation sites (N-methyl/N-ethyl adjacent to an activating group) is 1. The number of benzene rings is 1. The third-order valence-electron chi connectivity index (χ3n) is 5.17. The molecular weight excluding hydrogens is 359 g/mol. The van der Waals surface area contributed by atoms with Gasteiger partial charge >= 0.3 is 0 Å². The zero-order valence-electron chi connectivity index (χ0n) is 16.4. The fourth-order valence-corrected chi connectivity index (χ4v) is 3.37. The van der Waals surface area contributed by atoms with Crippen LogP contribution in [0.2, 0.25) is 0 Å². The lowest BCUT2D eigenvalue weighted by atomic mass is 10.1. The largest absolute Gasteiger partial charge is 0.352 e. The highest BCUT2D eigenvalue weighted by molar-refractivity contribution is 5.95. The highest BCUT2D eigenvalue weighted by Crippen LogP contribution is 2.10. The summed E-state index contributed by atoms with van der Waals surface area (Å²) in [6.07, 6.45) is 2.45. The summed E-state index contributed by atoms with van der Waals surface area (Å²) in [5.41, 5.74) is 0.880. The molecule has 150 valence electrons. The van der Waals surface area contributed by atoms with E-state index in [-0.39, 0.29) is 17.3 Å². The van der Waals surface area contributed by atoms with Crippen LogP contribution in [-0.2, 0) is 0 Å². The Kier molecular flexibility index (Phi) is 6.59. The van der Waals surface area contributed by atoms with Gasteiger partial charge < -0.3 is 15.1 Å². The fraction of sp³-hybridized carbons (Fsp3) is 0.429. The number of carbonyl (C=O) groups is 1. The third-order valence-corrected chi connectivity index (χ3v) is 5.17. The SMILES string of the molecule is Cc1ccn(-c2ccc(F)cc2)c(=O)c1C(=O)NCCCN1CCN(C)CC1. The standard InChI is InChI=1S/C21H27FN4O2/c1-16-8-11-26(18-6-4-17(22)5-7-18)21(28)19(16)20(27)23-9-3-10-25-14-12-24(2)13-15-25/h4-8,11H,3,9-10,12-15H2,1-2H3,(H,23,27). The van der Waals surface area contributed by atoms with Crippen molar-refractivity contribution in [3.05, 3.63) is 63.8 Å². The number of carbonyl (C=O) groups excluding carboxylic acids is 1. The number of halogens is 1. The van der Waals surface area contributed by atoms with E-state index in [4.69, 9.17) is 0 Å². The lowest BCUT2D eigenvalue weighted by Crippen LogP contribution is -2.45. The molecule has 1 fully saturated rings. The zero-order chi connectivity index (χ0) is 20.1. The molecule has 0 unspecified atom stereocenters. The van der Waals surface area contributed by atoms with Gasteiger partial charge in [-0.15, -0.1) is 0 Å². The number of hydrogen-bond acceptors (Lipinski definition) is 4. The number of rotatable bonds is 6. The third kappa shape index (κ3) is 4.85. The van der Waals surface area contributed by atoms with Crippen LogP contribution in [0, 0.1) is 12.7 Å². The maximum atomic E-state index is 13.1. The van der Waals surface area contributed by atoms with Crippen LogP contribution in [0.4, 0.5) is 4.39 Å². The first-order valence-electron chi connectivity index (χ1n) is 9.63. The summed E-state index contributed by atoms with van der Waals surface area (Å²) in [6.45, 7) is 7.43. The summed E-state index contributed by atoms with van der Waals surface area (Å²) in [5, 5.41) is 2.87. The minimum absolute atomic E-state index is 0.131. The molecule has 3 rings (SSSR count). The quantitative estimate of drug-likeness (QED) is 0.767. The summed E-state index contributed by atoms with van der Waals surface area (Å²) in [7, 11) is 2.12. The van der Waals surface area contributed by atoms with Gasteiger partial charge in [-0.1, -0.05) is 0 Å². The Labute approximate surface area is 164 Å². The maximum absolute atomic E-state index is 13.1. The van der Waals surface area contributed by atoms with Gasteiger partial charge in [0.25, 0.3) is 11.5 Å². The molecule has 1 aliphatic heterocycles. The van der Waals surface area contributed by atoms with Crippen LogP contribution >= 0.6 is 0 Å².